The molecule has 2 aliphatic rings. The van der Waals surface area contributed by atoms with E-state index in [2.05, 4.69) is 37.5 Å². The third kappa shape index (κ3) is 4.46. The van der Waals surface area contributed by atoms with E-state index in [1.54, 1.807) is 0 Å². The normalized spacial score (nSPS) is 24.1. The lowest BCUT2D eigenvalue weighted by atomic mass is 9.90. The summed E-state index contributed by atoms with van der Waals surface area (Å²) in [7, 11) is 0. The Kier molecular flexibility index (Phi) is 6.35. The fourth-order valence-electron chi connectivity index (χ4n) is 4.44. The smallest absolute Gasteiger partial charge is 0.0125 e. The first-order chi connectivity index (χ1) is 9.58. The van der Waals surface area contributed by atoms with Crippen LogP contribution in [0.3, 0.4) is 0 Å². The van der Waals surface area contributed by atoms with Crippen molar-refractivity contribution in [3.63, 3.8) is 0 Å². The molecule has 0 spiro atoms. The molecule has 0 aromatic heterocycles. The standard InChI is InChI=1S/C18H36N2/c1-15(2)14-19-12-10-18(11-13-19)20(16(3)4)17-8-6-5-7-9-17/h15-18H,5-14H2,1-4H3. The van der Waals surface area contributed by atoms with Gasteiger partial charge in [0.15, 0.2) is 0 Å². The van der Waals surface area contributed by atoms with E-state index in [-0.39, 0.29) is 0 Å². The number of hydrogen-bond acceptors (Lipinski definition) is 2. The van der Waals surface area contributed by atoms with Crippen molar-refractivity contribution >= 4 is 0 Å². The zero-order valence-electron chi connectivity index (χ0n) is 14.3. The minimum absolute atomic E-state index is 0.722. The summed E-state index contributed by atoms with van der Waals surface area (Å²) in [6, 6.07) is 2.45. The third-order valence-corrected chi connectivity index (χ3v) is 5.19. The van der Waals surface area contributed by atoms with Gasteiger partial charge in [0.05, 0.1) is 0 Å². The van der Waals surface area contributed by atoms with E-state index in [1.165, 1.54) is 64.6 Å². The Hall–Kier alpha value is -0.0800. The van der Waals surface area contributed by atoms with Crippen LogP contribution in [0, 0.1) is 5.92 Å². The fourth-order valence-corrected chi connectivity index (χ4v) is 4.44. The minimum atomic E-state index is 0.722. The van der Waals surface area contributed by atoms with Crippen LogP contribution in [0.25, 0.3) is 0 Å². The van der Waals surface area contributed by atoms with Gasteiger partial charge in [0.25, 0.3) is 0 Å². The first kappa shape index (κ1) is 16.3. The SMILES string of the molecule is CC(C)CN1CCC(N(C(C)C)C2CCCCC2)CC1. The Balaban J connectivity index is 1.88. The second kappa shape index (κ2) is 7.79. The van der Waals surface area contributed by atoms with Crippen LogP contribution in [0.4, 0.5) is 0 Å². The van der Waals surface area contributed by atoms with Gasteiger partial charge in [0.1, 0.15) is 0 Å². The molecule has 0 bridgehead atoms. The zero-order chi connectivity index (χ0) is 14.5. The largest absolute Gasteiger partial charge is 0.303 e. The van der Waals surface area contributed by atoms with E-state index in [4.69, 9.17) is 0 Å². The summed E-state index contributed by atoms with van der Waals surface area (Å²) in [5.74, 6) is 0.811. The number of hydrogen-bond donors (Lipinski definition) is 0. The Morgan fingerprint density at radius 2 is 1.40 bits per heavy atom. The molecule has 2 rings (SSSR count). The molecule has 0 aromatic carbocycles. The van der Waals surface area contributed by atoms with Crippen LogP contribution in [0.5, 0.6) is 0 Å². The highest BCUT2D eigenvalue weighted by molar-refractivity contribution is 4.87. The lowest BCUT2D eigenvalue weighted by Crippen LogP contribution is -2.52. The molecule has 20 heavy (non-hydrogen) atoms. The molecule has 0 radical (unpaired) electrons. The quantitative estimate of drug-likeness (QED) is 0.746. The average Bonchev–Trinajstić information content (AvgIpc) is 2.41. The summed E-state index contributed by atoms with van der Waals surface area (Å²) in [6.07, 6.45) is 10.1. The van der Waals surface area contributed by atoms with Crippen molar-refractivity contribution < 1.29 is 0 Å². The van der Waals surface area contributed by atoms with E-state index in [0.717, 1.165) is 24.0 Å². The molecule has 0 N–H and O–H groups in total. The summed E-state index contributed by atoms with van der Waals surface area (Å²) in [5, 5.41) is 0. The Labute approximate surface area is 126 Å². The van der Waals surface area contributed by atoms with Crippen LogP contribution in [0.1, 0.15) is 72.6 Å². The van der Waals surface area contributed by atoms with Gasteiger partial charge in [-0.2, -0.15) is 0 Å². The van der Waals surface area contributed by atoms with Crippen LogP contribution in [0.2, 0.25) is 0 Å². The van der Waals surface area contributed by atoms with Gasteiger partial charge in [-0.1, -0.05) is 33.1 Å². The highest BCUT2D eigenvalue weighted by Crippen LogP contribution is 2.29. The van der Waals surface area contributed by atoms with Crippen LogP contribution in [-0.4, -0.2) is 47.6 Å². The molecule has 1 saturated carbocycles. The number of piperidine rings is 1. The molecule has 118 valence electrons. The van der Waals surface area contributed by atoms with E-state index in [9.17, 15) is 0 Å². The van der Waals surface area contributed by atoms with Crippen molar-refractivity contribution in [2.75, 3.05) is 19.6 Å². The molecule has 2 heteroatoms. The molecular formula is C18H36N2. The fraction of sp³-hybridized carbons (Fsp3) is 1.00. The topological polar surface area (TPSA) is 6.48 Å². The molecule has 1 aliphatic heterocycles. The second-order valence-corrected chi connectivity index (χ2v) is 7.76. The van der Waals surface area contributed by atoms with E-state index in [0.29, 0.717) is 0 Å². The van der Waals surface area contributed by atoms with Gasteiger partial charge in [-0.25, -0.2) is 0 Å². The van der Waals surface area contributed by atoms with Crippen LogP contribution in [-0.2, 0) is 0 Å². The van der Waals surface area contributed by atoms with Crippen LogP contribution >= 0.6 is 0 Å². The molecule has 0 aromatic rings. The molecule has 2 fully saturated rings. The molecular weight excluding hydrogens is 244 g/mol. The highest BCUT2D eigenvalue weighted by Gasteiger charge is 2.31. The van der Waals surface area contributed by atoms with E-state index in [1.807, 2.05) is 0 Å². The number of rotatable bonds is 5. The van der Waals surface area contributed by atoms with Crippen molar-refractivity contribution in [1.29, 1.82) is 0 Å². The Bertz CT molecular complexity index is 261. The van der Waals surface area contributed by atoms with Crippen molar-refractivity contribution in [3.8, 4) is 0 Å². The molecule has 0 atom stereocenters. The van der Waals surface area contributed by atoms with Gasteiger partial charge in [0, 0.05) is 24.7 Å². The predicted octanol–water partition coefficient (Wildman–Crippen LogP) is 4.15. The Morgan fingerprint density at radius 3 is 1.90 bits per heavy atom. The highest BCUT2D eigenvalue weighted by atomic mass is 15.2. The Morgan fingerprint density at radius 1 is 0.850 bits per heavy atom. The number of likely N-dealkylation sites (tertiary alicyclic amines) is 1. The molecule has 1 aliphatic carbocycles. The first-order valence-corrected chi connectivity index (χ1v) is 9.07. The summed E-state index contributed by atoms with van der Waals surface area (Å²) in [5.41, 5.74) is 0. The van der Waals surface area contributed by atoms with Gasteiger partial charge in [-0.05, 0) is 58.5 Å². The second-order valence-electron chi connectivity index (χ2n) is 7.76. The lowest BCUT2D eigenvalue weighted by Gasteiger charge is -2.46. The maximum atomic E-state index is 2.89. The molecule has 0 amide bonds. The minimum Gasteiger partial charge on any atom is -0.303 e. The molecule has 1 heterocycles. The van der Waals surface area contributed by atoms with Gasteiger partial charge in [0.2, 0.25) is 0 Å². The van der Waals surface area contributed by atoms with Gasteiger partial charge >= 0.3 is 0 Å². The maximum Gasteiger partial charge on any atom is 0.0125 e. The molecule has 1 saturated heterocycles. The monoisotopic (exact) mass is 280 g/mol. The molecule has 0 unspecified atom stereocenters. The average molecular weight is 280 g/mol. The summed E-state index contributed by atoms with van der Waals surface area (Å²) >= 11 is 0. The first-order valence-electron chi connectivity index (χ1n) is 9.07. The summed E-state index contributed by atoms with van der Waals surface area (Å²) < 4.78 is 0. The van der Waals surface area contributed by atoms with E-state index < -0.39 is 0 Å². The van der Waals surface area contributed by atoms with Gasteiger partial charge in [-0.15, -0.1) is 0 Å². The van der Waals surface area contributed by atoms with Crippen LogP contribution < -0.4 is 0 Å². The molecule has 2 nitrogen and oxygen atoms in total. The zero-order valence-corrected chi connectivity index (χ0v) is 14.3. The van der Waals surface area contributed by atoms with Crippen molar-refractivity contribution in [2.45, 2.75) is 90.8 Å². The summed E-state index contributed by atoms with van der Waals surface area (Å²) in [4.78, 5) is 5.58. The van der Waals surface area contributed by atoms with Crippen molar-refractivity contribution in [1.82, 2.24) is 9.80 Å². The number of nitrogens with zero attached hydrogens (tertiary/aromatic N) is 2. The predicted molar refractivity (Wildman–Crippen MR) is 88.1 cm³/mol. The van der Waals surface area contributed by atoms with Gasteiger partial charge in [-0.3, -0.25) is 4.90 Å². The van der Waals surface area contributed by atoms with Crippen molar-refractivity contribution in [2.24, 2.45) is 5.92 Å². The van der Waals surface area contributed by atoms with Crippen LogP contribution in [0.15, 0.2) is 0 Å². The lowest BCUT2D eigenvalue weighted by molar-refractivity contribution is 0.0307. The van der Waals surface area contributed by atoms with Gasteiger partial charge < -0.3 is 4.90 Å². The van der Waals surface area contributed by atoms with Crippen molar-refractivity contribution in [3.05, 3.63) is 0 Å². The maximum absolute atomic E-state index is 2.89. The third-order valence-electron chi connectivity index (χ3n) is 5.19. The van der Waals surface area contributed by atoms with E-state index >= 15 is 0 Å². The summed E-state index contributed by atoms with van der Waals surface area (Å²) in [6.45, 7) is 13.4.